The van der Waals surface area contributed by atoms with E-state index in [2.05, 4.69) is 0 Å². The average molecular weight is 1730 g/mol. The van der Waals surface area contributed by atoms with Gasteiger partial charge in [0, 0.05) is 190 Å². The van der Waals surface area contributed by atoms with Gasteiger partial charge in [0.1, 0.15) is 0 Å². The summed E-state index contributed by atoms with van der Waals surface area (Å²) >= 11 is -1.86. The molecule has 12 heteroatoms. The summed E-state index contributed by atoms with van der Waals surface area (Å²) in [7, 11) is 0. The van der Waals surface area contributed by atoms with Crippen molar-refractivity contribution in [2.24, 2.45) is 0 Å². The third kappa shape index (κ3) is 122. The minimum Gasteiger partial charge on any atom is -0.773 e. The summed E-state index contributed by atoms with van der Waals surface area (Å²) in [5.41, 5.74) is 0. The zero-order valence-corrected chi connectivity index (χ0v) is 33.1. The number of hydrogen-bond donors (Lipinski definition) is 0. The van der Waals surface area contributed by atoms with Crippen LogP contribution in [0.5, 0.6) is 0 Å². The van der Waals surface area contributed by atoms with Gasteiger partial charge in [0.2, 0.25) is 0 Å². The quantitative estimate of drug-likeness (QED) is 0.307. The van der Waals surface area contributed by atoms with E-state index in [1.165, 1.54) is 0 Å². The molecule has 0 fully saturated rings. The average Bonchev–Trinajstić information content (AvgIpc) is 0.811. The summed E-state index contributed by atoms with van der Waals surface area (Å²) < 4.78 is 18.0. The second-order valence-electron chi connectivity index (χ2n) is 0.401. The fourth-order valence-corrected chi connectivity index (χ4v) is 0. The van der Waals surface area contributed by atoms with Crippen LogP contribution >= 0.6 is 0 Å². The second kappa shape index (κ2) is 63.3. The minimum atomic E-state index is -1.86. The van der Waals surface area contributed by atoms with Crippen LogP contribution in [-0.4, -0.2) is 15.0 Å². The van der Waals surface area contributed by atoms with Crippen LogP contribution in [0.4, 0.5) is 0 Å². The van der Waals surface area contributed by atoms with Gasteiger partial charge in [-0.05, 0) is 6.26 Å². The number of hydrogen-bond acceptors (Lipinski definition) is 2. The smallest absolute Gasteiger partial charge is 0 e. The molecular weight excluding hydrogens is 1730 g/mol. The van der Waals surface area contributed by atoms with Crippen molar-refractivity contribution in [1.29, 1.82) is 0 Å². The van der Waals surface area contributed by atoms with Gasteiger partial charge in [-0.1, -0.05) is 11.1 Å². The molecule has 0 aliphatic carbocycles. The predicted octanol–water partition coefficient (Wildman–Crippen LogP) is -0.527. The summed E-state index contributed by atoms with van der Waals surface area (Å²) in [6.07, 6.45) is 1.08. The molecule has 0 aromatic heterocycles. The van der Waals surface area contributed by atoms with Crippen molar-refractivity contribution in [3.05, 3.63) is 0 Å². The van der Waals surface area contributed by atoms with Crippen molar-refractivity contribution in [3.63, 3.8) is 0 Å². The van der Waals surface area contributed by atoms with Gasteiger partial charge in [-0.15, -0.1) is 0 Å². The maximum absolute atomic E-state index is 9.00. The Balaban J connectivity index is -0.00000000125. The van der Waals surface area contributed by atoms with Crippen LogP contribution in [0.3, 0.4) is 0 Å². The van der Waals surface area contributed by atoms with Gasteiger partial charge in [-0.3, -0.25) is 4.21 Å². The molecule has 0 bridgehead atoms. The van der Waals surface area contributed by atoms with Crippen LogP contribution < -0.4 is 0 Å². The molecule has 80 valence electrons. The predicted molar refractivity (Wildman–Crippen MR) is 14.8 cm³/mol. The first-order valence-corrected chi connectivity index (χ1v) is 2.22. The summed E-state index contributed by atoms with van der Waals surface area (Å²) in [4.78, 5) is 0. The molecule has 0 amide bonds. The molecule has 0 aromatic carbocycles. The molecule has 0 radical (unpaired) electrons. The van der Waals surface area contributed by atoms with Crippen molar-refractivity contribution in [2.45, 2.75) is 0 Å². The standard InChI is InChI=1S/CH4O2S.9W/c1-4(2)3;;;;;;;;;/h1H3,(H,2,3);;;;;;;;;/p-1. The Morgan fingerprint density at radius 1 is 0.692 bits per heavy atom. The van der Waals surface area contributed by atoms with Gasteiger partial charge in [0.25, 0.3) is 0 Å². The monoisotopic (exact) mass is 1730 g/mol. The summed E-state index contributed by atoms with van der Waals surface area (Å²) in [6.45, 7) is 0. The Kier molecular flexibility index (Phi) is 364. The zero-order chi connectivity index (χ0) is 3.58. The summed E-state index contributed by atoms with van der Waals surface area (Å²) in [5.74, 6) is 0. The molecule has 0 heterocycles. The van der Waals surface area contributed by atoms with Crippen molar-refractivity contribution in [2.75, 3.05) is 6.26 Å². The van der Waals surface area contributed by atoms with Gasteiger partial charge in [-0.25, -0.2) is 0 Å². The Hall–Kier alpha value is 6.30. The van der Waals surface area contributed by atoms with Crippen molar-refractivity contribution in [3.8, 4) is 0 Å². The van der Waals surface area contributed by atoms with E-state index in [1.54, 1.807) is 0 Å². The summed E-state index contributed by atoms with van der Waals surface area (Å²) in [5, 5.41) is 0. The van der Waals surface area contributed by atoms with Gasteiger partial charge < -0.3 is 4.55 Å². The van der Waals surface area contributed by atoms with Gasteiger partial charge >= 0.3 is 0 Å². The molecular formula is CH3O2SW9-. The van der Waals surface area contributed by atoms with Gasteiger partial charge in [-0.2, -0.15) is 0 Å². The van der Waals surface area contributed by atoms with Crippen molar-refractivity contribution in [1.82, 2.24) is 0 Å². The van der Waals surface area contributed by atoms with Gasteiger partial charge in [0.15, 0.2) is 0 Å². The molecule has 0 spiro atoms. The molecule has 0 N–H and O–H groups in total. The van der Waals surface area contributed by atoms with Crippen LogP contribution in [0.15, 0.2) is 0 Å². The molecule has 2 nitrogen and oxygen atoms in total. The third-order valence-electron chi connectivity index (χ3n) is 0. The first-order chi connectivity index (χ1) is 1.73. The van der Waals surface area contributed by atoms with E-state index >= 15 is 0 Å². The van der Waals surface area contributed by atoms with E-state index in [1.807, 2.05) is 0 Å². The Morgan fingerprint density at radius 3 is 0.692 bits per heavy atom. The topological polar surface area (TPSA) is 40.1 Å². The summed E-state index contributed by atoms with van der Waals surface area (Å²) in [6, 6.07) is 0. The first kappa shape index (κ1) is 74.7. The third-order valence-corrected chi connectivity index (χ3v) is 0. The molecule has 0 aromatic rings. The van der Waals surface area contributed by atoms with E-state index in [4.69, 9.17) is 8.76 Å². The van der Waals surface area contributed by atoms with E-state index in [-0.39, 0.29) is 190 Å². The molecule has 1 atom stereocenters. The first-order valence-electron chi connectivity index (χ1n) is 0.742. The van der Waals surface area contributed by atoms with E-state index < -0.39 is 11.1 Å². The fraction of sp³-hybridized carbons (Fsp3) is 1.00. The molecule has 0 aliphatic heterocycles. The Morgan fingerprint density at radius 2 is 0.692 bits per heavy atom. The van der Waals surface area contributed by atoms with Crippen LogP contribution in [0, 0.1) is 0 Å². The van der Waals surface area contributed by atoms with Crippen LogP contribution in [0.25, 0.3) is 0 Å². The number of rotatable bonds is 0. The fourth-order valence-electron chi connectivity index (χ4n) is 0. The van der Waals surface area contributed by atoms with Crippen molar-refractivity contribution >= 4 is 11.1 Å². The van der Waals surface area contributed by atoms with Gasteiger partial charge in [0.05, 0.1) is 0 Å². The van der Waals surface area contributed by atoms with E-state index in [0.717, 1.165) is 6.26 Å². The molecule has 0 saturated heterocycles. The molecule has 0 saturated carbocycles. The van der Waals surface area contributed by atoms with E-state index in [9.17, 15) is 0 Å². The Bertz CT molecular complexity index is 40.6. The maximum atomic E-state index is 9.00. The SMILES string of the molecule is CS(=O)[O-].[W].[W].[W].[W].[W].[W].[W].[W].[W]. The molecule has 1 unspecified atom stereocenters. The zero-order valence-electron chi connectivity index (χ0n) is 5.90. The molecule has 0 aliphatic rings. The van der Waals surface area contributed by atoms with Crippen LogP contribution in [0.1, 0.15) is 0 Å². The van der Waals surface area contributed by atoms with Crippen LogP contribution in [0.2, 0.25) is 0 Å². The largest absolute Gasteiger partial charge is 0.773 e. The molecule has 0 rings (SSSR count). The van der Waals surface area contributed by atoms with Crippen LogP contribution in [-0.2, 0) is 201 Å². The maximum Gasteiger partial charge on any atom is 0 e. The minimum absolute atomic E-state index is 0. The Labute approximate surface area is 211 Å². The normalized spacial score (nSPS) is 4.77. The second-order valence-corrected chi connectivity index (χ2v) is 1.20. The molecule has 13 heavy (non-hydrogen) atoms. The van der Waals surface area contributed by atoms with Crippen molar-refractivity contribution < 1.29 is 198 Å². The van der Waals surface area contributed by atoms with E-state index in [0.29, 0.717) is 0 Å².